The average molecular weight is 449 g/mol. The topological polar surface area (TPSA) is 73.8 Å². The van der Waals surface area contributed by atoms with E-state index < -0.39 is 10.0 Å². The lowest BCUT2D eigenvalue weighted by Gasteiger charge is -2.19. The van der Waals surface area contributed by atoms with Gasteiger partial charge in [0.05, 0.1) is 12.6 Å². The smallest absolute Gasteiger partial charge is 0.252 e. The minimum Gasteiger partial charge on any atom is -0.352 e. The van der Waals surface area contributed by atoms with Crippen molar-refractivity contribution in [2.24, 2.45) is 4.99 Å². The highest BCUT2D eigenvalue weighted by molar-refractivity contribution is 7.91. The molecular formula is C17H22Cl2N4O2S2. The Bertz CT molecular complexity index is 927. The number of benzene rings is 1. The molecule has 0 saturated heterocycles. The zero-order valence-corrected chi connectivity index (χ0v) is 18.6. The van der Waals surface area contributed by atoms with Crippen LogP contribution in [0.15, 0.2) is 39.5 Å². The first-order chi connectivity index (χ1) is 12.6. The van der Waals surface area contributed by atoms with E-state index in [2.05, 4.69) is 15.6 Å². The number of nitrogens with zero attached hydrogens (tertiary/aromatic N) is 2. The van der Waals surface area contributed by atoms with Crippen molar-refractivity contribution in [3.05, 3.63) is 50.8 Å². The van der Waals surface area contributed by atoms with Gasteiger partial charge in [-0.1, -0.05) is 29.3 Å². The minimum atomic E-state index is -3.41. The first-order valence-corrected chi connectivity index (χ1v) is 11.1. The van der Waals surface area contributed by atoms with Crippen LogP contribution in [0.2, 0.25) is 10.0 Å². The second kappa shape index (κ2) is 9.25. The highest BCUT2D eigenvalue weighted by atomic mass is 35.5. The molecule has 0 bridgehead atoms. The number of nitrogens with one attached hydrogen (secondary N) is 2. The third-order valence-electron chi connectivity index (χ3n) is 3.81. The Hall–Kier alpha value is -1.32. The number of rotatable bonds is 6. The lowest BCUT2D eigenvalue weighted by Crippen LogP contribution is -2.38. The SMILES string of the molecule is CN=C(NCc1ccc(S(=O)(=O)N(C)C)s1)NC(C)c1ccc(Cl)cc1Cl. The molecule has 1 aromatic heterocycles. The summed E-state index contributed by atoms with van der Waals surface area (Å²) in [5.41, 5.74) is 0.902. The van der Waals surface area contributed by atoms with Crippen molar-refractivity contribution < 1.29 is 8.42 Å². The van der Waals surface area contributed by atoms with Crippen LogP contribution in [0.4, 0.5) is 0 Å². The van der Waals surface area contributed by atoms with Crippen LogP contribution in [0.25, 0.3) is 0 Å². The molecule has 0 radical (unpaired) electrons. The van der Waals surface area contributed by atoms with Crippen molar-refractivity contribution >= 4 is 50.5 Å². The van der Waals surface area contributed by atoms with Crippen LogP contribution in [0.3, 0.4) is 0 Å². The van der Waals surface area contributed by atoms with Gasteiger partial charge in [0.25, 0.3) is 10.0 Å². The number of sulfonamides is 1. The summed E-state index contributed by atoms with van der Waals surface area (Å²) in [6.07, 6.45) is 0. The monoisotopic (exact) mass is 448 g/mol. The molecule has 0 aliphatic rings. The first kappa shape index (κ1) is 22.0. The predicted octanol–water partition coefficient (Wildman–Crippen LogP) is 3.73. The lowest BCUT2D eigenvalue weighted by atomic mass is 10.1. The molecule has 0 fully saturated rings. The van der Waals surface area contributed by atoms with E-state index in [1.807, 2.05) is 13.0 Å². The van der Waals surface area contributed by atoms with Crippen molar-refractivity contribution in [2.45, 2.75) is 23.7 Å². The summed E-state index contributed by atoms with van der Waals surface area (Å²) in [4.78, 5) is 5.09. The van der Waals surface area contributed by atoms with Crippen LogP contribution in [0.1, 0.15) is 23.4 Å². The number of guanidine groups is 1. The maximum atomic E-state index is 12.2. The molecule has 1 heterocycles. The van der Waals surface area contributed by atoms with Gasteiger partial charge in [-0.15, -0.1) is 11.3 Å². The molecule has 10 heteroatoms. The molecule has 1 aromatic carbocycles. The third kappa shape index (κ3) is 5.58. The molecule has 2 rings (SSSR count). The van der Waals surface area contributed by atoms with Crippen LogP contribution in [0.5, 0.6) is 0 Å². The molecular weight excluding hydrogens is 427 g/mol. The van der Waals surface area contributed by atoms with E-state index in [0.717, 1.165) is 10.4 Å². The zero-order valence-electron chi connectivity index (χ0n) is 15.5. The maximum absolute atomic E-state index is 12.2. The third-order valence-corrected chi connectivity index (χ3v) is 7.74. The average Bonchev–Trinajstić information content (AvgIpc) is 3.07. The van der Waals surface area contributed by atoms with Gasteiger partial charge in [-0.05, 0) is 36.8 Å². The quantitative estimate of drug-likeness (QED) is 0.521. The van der Waals surface area contributed by atoms with Gasteiger partial charge >= 0.3 is 0 Å². The van der Waals surface area contributed by atoms with Gasteiger partial charge < -0.3 is 10.6 Å². The number of hydrogen-bond acceptors (Lipinski definition) is 4. The van der Waals surface area contributed by atoms with Gasteiger partial charge in [0.2, 0.25) is 0 Å². The second-order valence-corrected chi connectivity index (χ2v) is 10.4. The Labute approximate surface area is 174 Å². The molecule has 148 valence electrons. The Kier molecular flexibility index (Phi) is 7.53. The summed E-state index contributed by atoms with van der Waals surface area (Å²) in [5, 5.41) is 7.60. The number of hydrogen-bond donors (Lipinski definition) is 2. The summed E-state index contributed by atoms with van der Waals surface area (Å²) in [7, 11) is 1.29. The normalized spacial score (nSPS) is 13.7. The van der Waals surface area contributed by atoms with Crippen LogP contribution in [-0.4, -0.2) is 39.8 Å². The van der Waals surface area contributed by atoms with Crippen LogP contribution >= 0.6 is 34.5 Å². The van der Waals surface area contributed by atoms with Gasteiger partial charge in [-0.3, -0.25) is 4.99 Å². The molecule has 2 aromatic rings. The van der Waals surface area contributed by atoms with Crippen molar-refractivity contribution in [2.75, 3.05) is 21.1 Å². The molecule has 0 aliphatic carbocycles. The molecule has 27 heavy (non-hydrogen) atoms. The predicted molar refractivity (Wildman–Crippen MR) is 113 cm³/mol. The summed E-state index contributed by atoms with van der Waals surface area (Å²) < 4.78 is 25.8. The van der Waals surface area contributed by atoms with E-state index in [-0.39, 0.29) is 6.04 Å². The fraction of sp³-hybridized carbons (Fsp3) is 0.353. The van der Waals surface area contributed by atoms with Crippen LogP contribution in [-0.2, 0) is 16.6 Å². The van der Waals surface area contributed by atoms with E-state index in [1.54, 1.807) is 31.3 Å². The summed E-state index contributed by atoms with van der Waals surface area (Å²) in [5.74, 6) is 0.582. The molecule has 2 N–H and O–H groups in total. The summed E-state index contributed by atoms with van der Waals surface area (Å²) >= 11 is 13.4. The first-order valence-electron chi connectivity index (χ1n) is 8.08. The largest absolute Gasteiger partial charge is 0.352 e. The number of aliphatic imine (C=N–C) groups is 1. The van der Waals surface area contributed by atoms with Crippen LogP contribution < -0.4 is 10.6 Å². The van der Waals surface area contributed by atoms with Gasteiger partial charge in [0.15, 0.2) is 5.96 Å². The zero-order chi connectivity index (χ0) is 20.2. The Morgan fingerprint density at radius 2 is 1.96 bits per heavy atom. The molecule has 0 saturated carbocycles. The van der Waals surface area contributed by atoms with Gasteiger partial charge in [0, 0.05) is 36.1 Å². The highest BCUT2D eigenvalue weighted by Crippen LogP contribution is 2.26. The number of halogens is 2. The number of thiophene rings is 1. The molecule has 0 spiro atoms. The summed E-state index contributed by atoms with van der Waals surface area (Å²) in [6.45, 7) is 2.42. The van der Waals surface area contributed by atoms with Crippen LogP contribution in [0, 0.1) is 0 Å². The van der Waals surface area contributed by atoms with Crippen molar-refractivity contribution in [1.29, 1.82) is 0 Å². The van der Waals surface area contributed by atoms with E-state index >= 15 is 0 Å². The Morgan fingerprint density at radius 1 is 1.26 bits per heavy atom. The minimum absolute atomic E-state index is 0.0889. The molecule has 0 aliphatic heterocycles. The second-order valence-electron chi connectivity index (χ2n) is 5.97. The van der Waals surface area contributed by atoms with Gasteiger partial charge in [-0.2, -0.15) is 0 Å². The van der Waals surface area contributed by atoms with E-state index in [4.69, 9.17) is 23.2 Å². The maximum Gasteiger partial charge on any atom is 0.252 e. The van der Waals surface area contributed by atoms with Gasteiger partial charge in [-0.25, -0.2) is 12.7 Å². The van der Waals surface area contributed by atoms with Crippen molar-refractivity contribution in [1.82, 2.24) is 14.9 Å². The fourth-order valence-electron chi connectivity index (χ4n) is 2.27. The molecule has 0 amide bonds. The highest BCUT2D eigenvalue weighted by Gasteiger charge is 2.19. The fourth-order valence-corrected chi connectivity index (χ4v) is 5.31. The standard InChI is InChI=1S/C17H22Cl2N4O2S2/c1-11(14-7-5-12(18)9-15(14)19)22-17(20-2)21-10-13-6-8-16(26-13)27(24,25)23(3)4/h5-9,11H,10H2,1-4H3,(H2,20,21,22). The Balaban J connectivity index is 2.01. The molecule has 1 unspecified atom stereocenters. The lowest BCUT2D eigenvalue weighted by molar-refractivity contribution is 0.523. The van der Waals surface area contributed by atoms with Gasteiger partial charge in [0.1, 0.15) is 4.21 Å². The van der Waals surface area contributed by atoms with Crippen molar-refractivity contribution in [3.8, 4) is 0 Å². The van der Waals surface area contributed by atoms with Crippen molar-refractivity contribution in [3.63, 3.8) is 0 Å². The Morgan fingerprint density at radius 3 is 2.56 bits per heavy atom. The van der Waals surface area contributed by atoms with E-state index in [0.29, 0.717) is 26.8 Å². The van der Waals surface area contributed by atoms with E-state index in [1.165, 1.54) is 29.7 Å². The van der Waals surface area contributed by atoms with E-state index in [9.17, 15) is 8.42 Å². The molecule has 6 nitrogen and oxygen atoms in total. The molecule has 1 atom stereocenters. The summed E-state index contributed by atoms with van der Waals surface area (Å²) in [6, 6.07) is 8.67.